The Morgan fingerprint density at radius 1 is 1.65 bits per heavy atom. The third-order valence-corrected chi connectivity index (χ3v) is 2.19. The number of nitro groups is 1. The minimum atomic E-state index is -0.497. The Morgan fingerprint density at radius 3 is 2.94 bits per heavy atom. The minimum Gasteiger partial charge on any atom is -0.385 e. The van der Waals surface area contributed by atoms with Crippen LogP contribution in [0.15, 0.2) is 12.1 Å². The van der Waals surface area contributed by atoms with Crippen molar-refractivity contribution in [3.05, 3.63) is 22.2 Å². The summed E-state index contributed by atoms with van der Waals surface area (Å²) >= 11 is 0. The molecule has 0 saturated carbocycles. The van der Waals surface area contributed by atoms with Crippen LogP contribution in [0.4, 0.5) is 17.3 Å². The number of nitrogen functional groups attached to an aromatic ring is 1. The molecule has 94 valence electrons. The fourth-order valence-electron chi connectivity index (χ4n) is 1.34. The lowest BCUT2D eigenvalue weighted by Crippen LogP contribution is -2.18. The summed E-state index contributed by atoms with van der Waals surface area (Å²) in [4.78, 5) is 14.1. The van der Waals surface area contributed by atoms with Gasteiger partial charge in [-0.1, -0.05) is 0 Å². The van der Waals surface area contributed by atoms with E-state index < -0.39 is 4.92 Å². The van der Waals surface area contributed by atoms with Crippen molar-refractivity contribution in [2.45, 2.75) is 19.4 Å². The number of ether oxygens (including phenoxy) is 1. The average molecular weight is 240 g/mol. The van der Waals surface area contributed by atoms with Gasteiger partial charge >= 0.3 is 0 Å². The number of nitrogens with zero attached hydrogens (tertiary/aromatic N) is 2. The standard InChI is InChI=1S/C10H16N4O3/c1-7(3-4-17-2)12-10-6-8(14(15)16)5-9(11)13-10/h5-7H,3-4H2,1-2H3,(H3,11,12,13). The summed E-state index contributed by atoms with van der Waals surface area (Å²) in [6.45, 7) is 2.55. The zero-order valence-electron chi connectivity index (χ0n) is 9.84. The first kappa shape index (κ1) is 13.2. The highest BCUT2D eigenvalue weighted by Crippen LogP contribution is 2.19. The van der Waals surface area contributed by atoms with Crippen molar-refractivity contribution in [1.29, 1.82) is 0 Å². The second kappa shape index (κ2) is 6.00. The molecule has 0 aliphatic rings. The van der Waals surface area contributed by atoms with Gasteiger partial charge in [-0.15, -0.1) is 0 Å². The Balaban J connectivity index is 2.73. The molecule has 1 aromatic heterocycles. The predicted molar refractivity (Wildman–Crippen MR) is 64.9 cm³/mol. The maximum absolute atomic E-state index is 10.6. The molecular formula is C10H16N4O3. The van der Waals surface area contributed by atoms with Gasteiger partial charge in [-0.2, -0.15) is 0 Å². The number of pyridine rings is 1. The van der Waals surface area contributed by atoms with Crippen molar-refractivity contribution in [2.75, 3.05) is 24.8 Å². The molecule has 0 radical (unpaired) electrons. The summed E-state index contributed by atoms with van der Waals surface area (Å²) < 4.78 is 4.94. The molecule has 7 nitrogen and oxygen atoms in total. The molecule has 0 saturated heterocycles. The quantitative estimate of drug-likeness (QED) is 0.575. The molecule has 0 spiro atoms. The van der Waals surface area contributed by atoms with E-state index in [1.54, 1.807) is 7.11 Å². The highest BCUT2D eigenvalue weighted by molar-refractivity contribution is 5.52. The monoisotopic (exact) mass is 240 g/mol. The Morgan fingerprint density at radius 2 is 2.35 bits per heavy atom. The lowest BCUT2D eigenvalue weighted by atomic mass is 10.2. The second-order valence-corrected chi connectivity index (χ2v) is 3.72. The van der Waals surface area contributed by atoms with E-state index in [0.29, 0.717) is 12.4 Å². The van der Waals surface area contributed by atoms with Crippen LogP contribution in [0, 0.1) is 10.1 Å². The minimum absolute atomic E-state index is 0.0704. The van der Waals surface area contributed by atoms with Gasteiger partial charge in [-0.3, -0.25) is 10.1 Å². The Bertz CT molecular complexity index is 397. The molecule has 0 bridgehead atoms. The fraction of sp³-hybridized carbons (Fsp3) is 0.500. The van der Waals surface area contributed by atoms with E-state index in [0.717, 1.165) is 6.42 Å². The van der Waals surface area contributed by atoms with Gasteiger partial charge in [0.05, 0.1) is 17.1 Å². The number of methoxy groups -OCH3 is 1. The molecule has 1 rings (SSSR count). The van der Waals surface area contributed by atoms with Crippen LogP contribution in [0.3, 0.4) is 0 Å². The number of rotatable bonds is 6. The summed E-state index contributed by atoms with van der Waals surface area (Å²) in [5.41, 5.74) is 5.42. The molecule has 1 unspecified atom stereocenters. The van der Waals surface area contributed by atoms with Crippen LogP contribution < -0.4 is 11.1 Å². The van der Waals surface area contributed by atoms with Crippen molar-refractivity contribution in [3.8, 4) is 0 Å². The maximum Gasteiger partial charge on any atom is 0.276 e. The SMILES string of the molecule is COCCC(C)Nc1cc([N+](=O)[O-])cc(N)n1. The number of aromatic nitrogens is 1. The first-order valence-corrected chi connectivity index (χ1v) is 5.20. The van der Waals surface area contributed by atoms with E-state index in [-0.39, 0.29) is 17.5 Å². The van der Waals surface area contributed by atoms with E-state index in [9.17, 15) is 10.1 Å². The summed E-state index contributed by atoms with van der Waals surface area (Å²) in [7, 11) is 1.62. The maximum atomic E-state index is 10.6. The predicted octanol–water partition coefficient (Wildman–Crippen LogP) is 1.41. The second-order valence-electron chi connectivity index (χ2n) is 3.72. The van der Waals surface area contributed by atoms with Crippen molar-refractivity contribution < 1.29 is 9.66 Å². The van der Waals surface area contributed by atoms with Gasteiger partial charge in [0, 0.05) is 19.8 Å². The van der Waals surface area contributed by atoms with Crippen LogP contribution >= 0.6 is 0 Å². The van der Waals surface area contributed by atoms with Gasteiger partial charge < -0.3 is 15.8 Å². The van der Waals surface area contributed by atoms with E-state index in [2.05, 4.69) is 10.3 Å². The van der Waals surface area contributed by atoms with E-state index >= 15 is 0 Å². The van der Waals surface area contributed by atoms with Gasteiger partial charge in [0.1, 0.15) is 11.6 Å². The summed E-state index contributed by atoms with van der Waals surface area (Å²) in [5, 5.41) is 13.7. The van der Waals surface area contributed by atoms with Gasteiger partial charge in [0.2, 0.25) is 0 Å². The Labute approximate surface area is 99.1 Å². The Kier molecular flexibility index (Phi) is 4.65. The van der Waals surface area contributed by atoms with Gasteiger partial charge in [0.15, 0.2) is 0 Å². The van der Waals surface area contributed by atoms with Crippen LogP contribution in [-0.4, -0.2) is 29.7 Å². The lowest BCUT2D eigenvalue weighted by Gasteiger charge is -2.13. The molecule has 0 aromatic carbocycles. The number of nitrogens with two attached hydrogens (primary N) is 1. The third-order valence-electron chi connectivity index (χ3n) is 2.19. The normalized spacial score (nSPS) is 12.1. The van der Waals surface area contributed by atoms with Crippen molar-refractivity contribution in [1.82, 2.24) is 4.98 Å². The summed E-state index contributed by atoms with van der Waals surface area (Å²) in [6, 6.07) is 2.69. The highest BCUT2D eigenvalue weighted by Gasteiger charge is 2.11. The molecule has 1 heterocycles. The molecular weight excluding hydrogens is 224 g/mol. The van der Waals surface area contributed by atoms with Crippen molar-refractivity contribution in [3.63, 3.8) is 0 Å². The van der Waals surface area contributed by atoms with E-state index in [4.69, 9.17) is 10.5 Å². The lowest BCUT2D eigenvalue weighted by molar-refractivity contribution is -0.384. The zero-order chi connectivity index (χ0) is 12.8. The van der Waals surface area contributed by atoms with Crippen LogP contribution in [0.1, 0.15) is 13.3 Å². The van der Waals surface area contributed by atoms with E-state index in [1.807, 2.05) is 6.92 Å². The number of nitrogens with one attached hydrogen (secondary N) is 1. The molecule has 1 aromatic rings. The average Bonchev–Trinajstić information content (AvgIpc) is 2.25. The summed E-state index contributed by atoms with van der Waals surface area (Å²) in [5.74, 6) is 0.529. The molecule has 0 aliphatic heterocycles. The molecule has 3 N–H and O–H groups in total. The first-order chi connectivity index (χ1) is 8.02. The fourth-order valence-corrected chi connectivity index (χ4v) is 1.34. The van der Waals surface area contributed by atoms with E-state index in [1.165, 1.54) is 12.1 Å². The number of hydrogen-bond acceptors (Lipinski definition) is 6. The molecule has 0 aliphatic carbocycles. The molecule has 0 amide bonds. The van der Waals surface area contributed by atoms with Gasteiger partial charge in [-0.05, 0) is 13.3 Å². The Hall–Kier alpha value is -1.89. The van der Waals surface area contributed by atoms with Gasteiger partial charge in [-0.25, -0.2) is 4.98 Å². The topological polar surface area (TPSA) is 103 Å². The zero-order valence-corrected chi connectivity index (χ0v) is 9.84. The molecule has 1 atom stereocenters. The smallest absolute Gasteiger partial charge is 0.276 e. The van der Waals surface area contributed by atoms with Crippen LogP contribution in [0.2, 0.25) is 0 Å². The highest BCUT2D eigenvalue weighted by atomic mass is 16.6. The van der Waals surface area contributed by atoms with Gasteiger partial charge in [0.25, 0.3) is 5.69 Å². The number of hydrogen-bond donors (Lipinski definition) is 2. The van der Waals surface area contributed by atoms with Crippen LogP contribution in [0.25, 0.3) is 0 Å². The molecule has 0 fully saturated rings. The number of anilines is 2. The molecule has 7 heteroatoms. The largest absolute Gasteiger partial charge is 0.385 e. The molecule has 17 heavy (non-hydrogen) atoms. The van der Waals surface area contributed by atoms with Crippen LogP contribution in [-0.2, 0) is 4.74 Å². The summed E-state index contributed by atoms with van der Waals surface area (Å²) in [6.07, 6.45) is 0.779. The third kappa shape index (κ3) is 4.23. The van der Waals surface area contributed by atoms with Crippen molar-refractivity contribution >= 4 is 17.3 Å². The van der Waals surface area contributed by atoms with Crippen molar-refractivity contribution in [2.24, 2.45) is 0 Å². The first-order valence-electron chi connectivity index (χ1n) is 5.20. The van der Waals surface area contributed by atoms with Crippen LogP contribution in [0.5, 0.6) is 0 Å².